The number of nitrogens with zero attached hydrogens (tertiary/aromatic N) is 2. The number of ether oxygens (including phenoxy) is 1. The van der Waals surface area contributed by atoms with Crippen LogP contribution in [-0.4, -0.2) is 29.5 Å². The SMILES string of the molecule is COc1cccc(CCNC(=O)c2cc(Nc3cccc(F)c3)ncn2)c1. The van der Waals surface area contributed by atoms with Crippen LogP contribution < -0.4 is 15.4 Å². The summed E-state index contributed by atoms with van der Waals surface area (Å²) in [5.74, 6) is 0.531. The second kappa shape index (κ2) is 8.75. The highest BCUT2D eigenvalue weighted by atomic mass is 19.1. The number of aromatic nitrogens is 2. The average Bonchev–Trinajstić information content (AvgIpc) is 2.68. The molecule has 6 nitrogen and oxygen atoms in total. The van der Waals surface area contributed by atoms with Crippen LogP contribution in [0, 0.1) is 5.82 Å². The molecule has 0 bridgehead atoms. The second-order valence-electron chi connectivity index (χ2n) is 5.78. The lowest BCUT2D eigenvalue weighted by molar-refractivity contribution is 0.0949. The van der Waals surface area contributed by atoms with Crippen LogP contribution in [0.1, 0.15) is 16.1 Å². The van der Waals surface area contributed by atoms with Gasteiger partial charge in [-0.25, -0.2) is 14.4 Å². The lowest BCUT2D eigenvalue weighted by atomic mass is 10.1. The molecule has 1 heterocycles. The highest BCUT2D eigenvalue weighted by Crippen LogP contribution is 2.16. The smallest absolute Gasteiger partial charge is 0.270 e. The zero-order valence-electron chi connectivity index (χ0n) is 14.8. The van der Waals surface area contributed by atoms with Gasteiger partial charge in [0.1, 0.15) is 29.4 Å². The van der Waals surface area contributed by atoms with Gasteiger partial charge in [0.25, 0.3) is 5.91 Å². The Morgan fingerprint density at radius 1 is 1.11 bits per heavy atom. The average molecular weight is 366 g/mol. The summed E-state index contributed by atoms with van der Waals surface area (Å²) in [5, 5.41) is 5.78. The molecule has 0 fully saturated rings. The van der Waals surface area contributed by atoms with E-state index in [1.807, 2.05) is 24.3 Å². The third kappa shape index (κ3) is 5.24. The van der Waals surface area contributed by atoms with Crippen LogP contribution in [0.2, 0.25) is 0 Å². The molecular formula is C20H19FN4O2. The number of benzene rings is 2. The highest BCUT2D eigenvalue weighted by Gasteiger charge is 2.09. The first-order valence-corrected chi connectivity index (χ1v) is 8.40. The number of hydrogen-bond donors (Lipinski definition) is 2. The van der Waals surface area contributed by atoms with Crippen molar-refractivity contribution in [3.05, 3.63) is 78.0 Å². The van der Waals surface area contributed by atoms with E-state index in [4.69, 9.17) is 4.74 Å². The van der Waals surface area contributed by atoms with Gasteiger partial charge in [0.15, 0.2) is 0 Å². The molecule has 0 unspecified atom stereocenters. The molecule has 0 spiro atoms. The summed E-state index contributed by atoms with van der Waals surface area (Å²) in [5.41, 5.74) is 1.83. The molecule has 1 amide bonds. The molecule has 0 aliphatic heterocycles. The summed E-state index contributed by atoms with van der Waals surface area (Å²) < 4.78 is 18.4. The Morgan fingerprint density at radius 2 is 1.96 bits per heavy atom. The van der Waals surface area contributed by atoms with Gasteiger partial charge >= 0.3 is 0 Å². The molecule has 0 atom stereocenters. The lowest BCUT2D eigenvalue weighted by Gasteiger charge is -2.08. The van der Waals surface area contributed by atoms with E-state index in [1.54, 1.807) is 19.2 Å². The Labute approximate surface area is 156 Å². The van der Waals surface area contributed by atoms with Crippen LogP contribution in [0.25, 0.3) is 0 Å². The molecule has 3 rings (SSSR count). The minimum atomic E-state index is -0.357. The van der Waals surface area contributed by atoms with Crippen molar-refractivity contribution in [1.29, 1.82) is 0 Å². The fourth-order valence-electron chi connectivity index (χ4n) is 2.50. The molecular weight excluding hydrogens is 347 g/mol. The van der Waals surface area contributed by atoms with Gasteiger partial charge < -0.3 is 15.4 Å². The molecule has 27 heavy (non-hydrogen) atoms. The van der Waals surface area contributed by atoms with E-state index < -0.39 is 0 Å². The van der Waals surface area contributed by atoms with E-state index in [0.717, 1.165) is 11.3 Å². The van der Waals surface area contributed by atoms with Crippen molar-refractivity contribution in [2.24, 2.45) is 0 Å². The molecule has 2 aromatic carbocycles. The van der Waals surface area contributed by atoms with Crippen LogP contribution >= 0.6 is 0 Å². The van der Waals surface area contributed by atoms with Crippen molar-refractivity contribution in [3.63, 3.8) is 0 Å². The van der Waals surface area contributed by atoms with Crippen molar-refractivity contribution in [3.8, 4) is 5.75 Å². The number of amides is 1. The summed E-state index contributed by atoms with van der Waals surface area (Å²) in [6.45, 7) is 0.461. The number of hydrogen-bond acceptors (Lipinski definition) is 5. The summed E-state index contributed by atoms with van der Waals surface area (Å²) in [6.07, 6.45) is 1.96. The van der Waals surface area contributed by atoms with Gasteiger partial charge in [0, 0.05) is 18.3 Å². The number of carbonyl (C=O) groups is 1. The van der Waals surface area contributed by atoms with Gasteiger partial charge in [-0.3, -0.25) is 4.79 Å². The summed E-state index contributed by atoms with van der Waals surface area (Å²) in [7, 11) is 1.62. The highest BCUT2D eigenvalue weighted by molar-refractivity contribution is 5.92. The number of rotatable bonds is 7. The Bertz CT molecular complexity index is 933. The van der Waals surface area contributed by atoms with Crippen LogP contribution in [0.4, 0.5) is 15.9 Å². The van der Waals surface area contributed by atoms with E-state index in [9.17, 15) is 9.18 Å². The van der Waals surface area contributed by atoms with Crippen molar-refractivity contribution in [1.82, 2.24) is 15.3 Å². The van der Waals surface area contributed by atoms with Gasteiger partial charge in [-0.1, -0.05) is 18.2 Å². The molecule has 2 N–H and O–H groups in total. The molecule has 1 aromatic heterocycles. The fraction of sp³-hybridized carbons (Fsp3) is 0.150. The fourth-order valence-corrected chi connectivity index (χ4v) is 2.50. The molecule has 3 aromatic rings. The predicted molar refractivity (Wildman–Crippen MR) is 101 cm³/mol. The maximum Gasteiger partial charge on any atom is 0.270 e. The topological polar surface area (TPSA) is 76.1 Å². The third-order valence-electron chi connectivity index (χ3n) is 3.83. The molecule has 7 heteroatoms. The molecule has 0 aliphatic rings. The first-order chi connectivity index (χ1) is 13.1. The van der Waals surface area contributed by atoms with Crippen LogP contribution in [0.15, 0.2) is 60.9 Å². The molecule has 0 radical (unpaired) electrons. The maximum atomic E-state index is 13.3. The number of methoxy groups -OCH3 is 1. The van der Waals surface area contributed by atoms with Crippen molar-refractivity contribution in [2.45, 2.75) is 6.42 Å². The number of anilines is 2. The zero-order valence-corrected chi connectivity index (χ0v) is 14.8. The van der Waals surface area contributed by atoms with Crippen LogP contribution in [-0.2, 0) is 6.42 Å². The van der Waals surface area contributed by atoms with Crippen molar-refractivity contribution in [2.75, 3.05) is 19.0 Å². The number of nitrogens with one attached hydrogen (secondary N) is 2. The van der Waals surface area contributed by atoms with E-state index >= 15 is 0 Å². The quantitative estimate of drug-likeness (QED) is 0.671. The Balaban J connectivity index is 1.58. The summed E-state index contributed by atoms with van der Waals surface area (Å²) in [6, 6.07) is 15.2. The van der Waals surface area contributed by atoms with E-state index in [2.05, 4.69) is 20.6 Å². The number of halogens is 1. The van der Waals surface area contributed by atoms with Gasteiger partial charge in [0.05, 0.1) is 7.11 Å². The molecule has 138 valence electrons. The first kappa shape index (κ1) is 18.3. The minimum absolute atomic E-state index is 0.231. The van der Waals surface area contributed by atoms with Crippen LogP contribution in [0.3, 0.4) is 0 Å². The van der Waals surface area contributed by atoms with Gasteiger partial charge in [0.2, 0.25) is 0 Å². The normalized spacial score (nSPS) is 10.3. The molecule has 0 aliphatic carbocycles. The number of carbonyl (C=O) groups excluding carboxylic acids is 1. The largest absolute Gasteiger partial charge is 0.497 e. The van der Waals surface area contributed by atoms with E-state index in [1.165, 1.54) is 24.5 Å². The predicted octanol–water partition coefficient (Wildman–Crippen LogP) is 3.34. The third-order valence-corrected chi connectivity index (χ3v) is 3.83. The van der Waals surface area contributed by atoms with E-state index in [0.29, 0.717) is 24.5 Å². The maximum absolute atomic E-state index is 13.3. The Hall–Kier alpha value is -3.48. The Kier molecular flexibility index (Phi) is 5.94. The first-order valence-electron chi connectivity index (χ1n) is 8.40. The monoisotopic (exact) mass is 366 g/mol. The minimum Gasteiger partial charge on any atom is -0.497 e. The molecule has 0 saturated carbocycles. The van der Waals surface area contributed by atoms with Gasteiger partial charge in [-0.15, -0.1) is 0 Å². The second-order valence-corrected chi connectivity index (χ2v) is 5.78. The van der Waals surface area contributed by atoms with Gasteiger partial charge in [-0.2, -0.15) is 0 Å². The standard InChI is InChI=1S/C20H19FN4O2/c1-27-17-7-2-4-14(10-17)8-9-22-20(26)18-12-19(24-13-23-18)25-16-6-3-5-15(21)11-16/h2-7,10-13H,8-9H2,1H3,(H,22,26)(H,23,24,25). The Morgan fingerprint density at radius 3 is 2.78 bits per heavy atom. The summed E-state index contributed by atoms with van der Waals surface area (Å²) >= 11 is 0. The lowest BCUT2D eigenvalue weighted by Crippen LogP contribution is -2.26. The van der Waals surface area contributed by atoms with E-state index in [-0.39, 0.29) is 17.4 Å². The van der Waals surface area contributed by atoms with Crippen molar-refractivity contribution >= 4 is 17.4 Å². The summed E-state index contributed by atoms with van der Waals surface area (Å²) in [4.78, 5) is 20.4. The van der Waals surface area contributed by atoms with Gasteiger partial charge in [-0.05, 0) is 42.3 Å². The van der Waals surface area contributed by atoms with Crippen LogP contribution in [0.5, 0.6) is 5.75 Å². The molecule has 0 saturated heterocycles. The van der Waals surface area contributed by atoms with Crippen molar-refractivity contribution < 1.29 is 13.9 Å². The zero-order chi connectivity index (χ0) is 19.1.